The minimum absolute atomic E-state index is 0.0434. The standard InChI is InChI=1S/C20H21ClO4S/c21-17-10-8-16(9-11-17)20(12-4-13-20)19(22)25-14-5-15-26(23,24)18-6-2-1-3-7-18/h1-3,6-11H,4-5,12-15H2. The third kappa shape index (κ3) is 3.94. The fourth-order valence-corrected chi connectivity index (χ4v) is 4.64. The maximum Gasteiger partial charge on any atom is 0.316 e. The van der Waals surface area contributed by atoms with Crippen LogP contribution in [0.1, 0.15) is 31.2 Å². The van der Waals surface area contributed by atoms with Gasteiger partial charge in [0.2, 0.25) is 0 Å². The Morgan fingerprint density at radius 1 is 1.04 bits per heavy atom. The summed E-state index contributed by atoms with van der Waals surface area (Å²) < 4.78 is 29.9. The molecule has 1 fully saturated rings. The molecule has 0 aliphatic heterocycles. The van der Waals surface area contributed by atoms with Crippen molar-refractivity contribution in [3.63, 3.8) is 0 Å². The van der Waals surface area contributed by atoms with Gasteiger partial charge in [-0.3, -0.25) is 4.79 Å². The molecule has 4 nitrogen and oxygen atoms in total. The van der Waals surface area contributed by atoms with Crippen LogP contribution in [0.3, 0.4) is 0 Å². The Labute approximate surface area is 159 Å². The van der Waals surface area contributed by atoms with Crippen LogP contribution in [-0.2, 0) is 24.8 Å². The van der Waals surface area contributed by atoms with Gasteiger partial charge < -0.3 is 4.74 Å². The van der Waals surface area contributed by atoms with Crippen molar-refractivity contribution in [2.45, 2.75) is 36.0 Å². The molecule has 0 amide bonds. The molecule has 0 saturated heterocycles. The number of sulfone groups is 1. The third-order valence-corrected chi connectivity index (χ3v) is 6.96. The fourth-order valence-electron chi connectivity index (χ4n) is 3.21. The Kier molecular flexibility index (Phi) is 5.68. The van der Waals surface area contributed by atoms with Crippen molar-refractivity contribution in [1.29, 1.82) is 0 Å². The summed E-state index contributed by atoms with van der Waals surface area (Å²) in [5.74, 6) is -0.318. The molecule has 0 bridgehead atoms. The molecular weight excluding hydrogens is 372 g/mol. The molecule has 2 aromatic carbocycles. The van der Waals surface area contributed by atoms with Gasteiger partial charge in [0.15, 0.2) is 9.84 Å². The number of hydrogen-bond donors (Lipinski definition) is 0. The quantitative estimate of drug-likeness (QED) is 0.524. The van der Waals surface area contributed by atoms with E-state index in [0.29, 0.717) is 9.92 Å². The number of ether oxygens (including phenoxy) is 1. The summed E-state index contributed by atoms with van der Waals surface area (Å²) in [6.45, 7) is 0.0975. The summed E-state index contributed by atoms with van der Waals surface area (Å²) in [5, 5.41) is 0.628. The average molecular weight is 393 g/mol. The molecule has 1 aliphatic carbocycles. The largest absolute Gasteiger partial charge is 0.465 e. The second-order valence-electron chi connectivity index (χ2n) is 6.56. The lowest BCUT2D eigenvalue weighted by Crippen LogP contribution is -2.43. The smallest absolute Gasteiger partial charge is 0.316 e. The molecule has 1 saturated carbocycles. The average Bonchev–Trinajstić information content (AvgIpc) is 2.60. The maximum atomic E-state index is 12.6. The fraction of sp³-hybridized carbons (Fsp3) is 0.350. The number of hydrogen-bond acceptors (Lipinski definition) is 4. The lowest BCUT2D eigenvalue weighted by molar-refractivity contribution is -0.154. The number of benzene rings is 2. The van der Waals surface area contributed by atoms with E-state index in [9.17, 15) is 13.2 Å². The van der Waals surface area contributed by atoms with Crippen molar-refractivity contribution in [3.8, 4) is 0 Å². The predicted octanol–water partition coefficient (Wildman–Crippen LogP) is 4.17. The van der Waals surface area contributed by atoms with Crippen LogP contribution >= 0.6 is 11.6 Å². The lowest BCUT2D eigenvalue weighted by atomic mass is 9.64. The van der Waals surface area contributed by atoms with Crippen LogP contribution in [0.5, 0.6) is 0 Å². The minimum atomic E-state index is -3.35. The van der Waals surface area contributed by atoms with Crippen molar-refractivity contribution >= 4 is 27.4 Å². The van der Waals surface area contributed by atoms with E-state index in [1.54, 1.807) is 42.5 Å². The van der Waals surface area contributed by atoms with Gasteiger partial charge in [0.05, 0.1) is 22.7 Å². The van der Waals surface area contributed by atoms with Gasteiger partial charge in [-0.15, -0.1) is 0 Å². The molecule has 3 rings (SSSR count). The molecule has 0 heterocycles. The minimum Gasteiger partial charge on any atom is -0.465 e. The van der Waals surface area contributed by atoms with Crippen molar-refractivity contribution < 1.29 is 17.9 Å². The van der Waals surface area contributed by atoms with Crippen LogP contribution < -0.4 is 0 Å². The van der Waals surface area contributed by atoms with Gasteiger partial charge in [0.25, 0.3) is 0 Å². The summed E-state index contributed by atoms with van der Waals surface area (Å²) in [6, 6.07) is 15.6. The molecule has 2 aromatic rings. The Morgan fingerprint density at radius 3 is 2.27 bits per heavy atom. The molecule has 26 heavy (non-hydrogen) atoms. The van der Waals surface area contributed by atoms with Crippen molar-refractivity contribution in [2.24, 2.45) is 0 Å². The predicted molar refractivity (Wildman–Crippen MR) is 101 cm³/mol. The van der Waals surface area contributed by atoms with E-state index in [2.05, 4.69) is 0 Å². The van der Waals surface area contributed by atoms with E-state index in [-0.39, 0.29) is 24.7 Å². The Morgan fingerprint density at radius 2 is 1.69 bits per heavy atom. The first-order chi connectivity index (χ1) is 12.4. The van der Waals surface area contributed by atoms with Gasteiger partial charge in [0.1, 0.15) is 0 Å². The molecule has 0 N–H and O–H groups in total. The molecule has 0 spiro atoms. The van der Waals surface area contributed by atoms with Crippen LogP contribution in [0.2, 0.25) is 5.02 Å². The second-order valence-corrected chi connectivity index (χ2v) is 9.11. The molecule has 0 unspecified atom stereocenters. The number of carbonyl (C=O) groups excluding carboxylic acids is 1. The first-order valence-electron chi connectivity index (χ1n) is 8.65. The SMILES string of the molecule is O=C(OCCCS(=O)(=O)c1ccccc1)C1(c2ccc(Cl)cc2)CCC1. The van der Waals surface area contributed by atoms with Crippen LogP contribution in [0, 0.1) is 0 Å². The summed E-state index contributed by atoms with van der Waals surface area (Å²) in [5.41, 5.74) is 0.304. The zero-order chi connectivity index (χ0) is 18.6. The molecule has 0 atom stereocenters. The van der Waals surface area contributed by atoms with Crippen molar-refractivity contribution in [3.05, 3.63) is 65.2 Å². The van der Waals surface area contributed by atoms with Crippen LogP contribution in [-0.4, -0.2) is 26.7 Å². The van der Waals surface area contributed by atoms with E-state index < -0.39 is 15.3 Å². The molecule has 1 aliphatic rings. The highest BCUT2D eigenvalue weighted by atomic mass is 35.5. The summed E-state index contributed by atoms with van der Waals surface area (Å²) in [4.78, 5) is 12.9. The molecular formula is C20H21ClO4S. The maximum absolute atomic E-state index is 12.6. The van der Waals surface area contributed by atoms with E-state index in [1.807, 2.05) is 12.1 Å². The topological polar surface area (TPSA) is 60.4 Å². The van der Waals surface area contributed by atoms with Gasteiger partial charge in [-0.2, -0.15) is 0 Å². The lowest BCUT2D eigenvalue weighted by Gasteiger charge is -2.39. The van der Waals surface area contributed by atoms with Crippen LogP contribution in [0.25, 0.3) is 0 Å². The van der Waals surface area contributed by atoms with Crippen LogP contribution in [0.4, 0.5) is 0 Å². The van der Waals surface area contributed by atoms with Crippen LogP contribution in [0.15, 0.2) is 59.5 Å². The number of rotatable bonds is 7. The second kappa shape index (κ2) is 7.80. The molecule has 0 radical (unpaired) electrons. The Balaban J connectivity index is 1.56. The highest BCUT2D eigenvalue weighted by Crippen LogP contribution is 2.45. The van der Waals surface area contributed by atoms with Gasteiger partial charge in [0, 0.05) is 5.02 Å². The zero-order valence-electron chi connectivity index (χ0n) is 14.4. The number of carbonyl (C=O) groups is 1. The summed E-state index contributed by atoms with van der Waals surface area (Å²) in [6.07, 6.45) is 2.74. The van der Waals surface area contributed by atoms with E-state index >= 15 is 0 Å². The summed E-state index contributed by atoms with van der Waals surface area (Å²) in [7, 11) is -3.35. The highest BCUT2D eigenvalue weighted by molar-refractivity contribution is 7.91. The molecule has 6 heteroatoms. The van der Waals surface area contributed by atoms with Crippen molar-refractivity contribution in [1.82, 2.24) is 0 Å². The summed E-state index contributed by atoms with van der Waals surface area (Å²) >= 11 is 5.93. The Bertz CT molecular complexity index is 856. The van der Waals surface area contributed by atoms with Gasteiger partial charge in [-0.05, 0) is 49.1 Å². The number of esters is 1. The number of halogens is 1. The van der Waals surface area contributed by atoms with E-state index in [0.717, 1.165) is 24.8 Å². The Hall–Kier alpha value is -1.85. The third-order valence-electron chi connectivity index (χ3n) is 4.89. The van der Waals surface area contributed by atoms with Gasteiger partial charge in [-0.1, -0.05) is 48.4 Å². The normalized spacial score (nSPS) is 15.9. The first-order valence-corrected chi connectivity index (χ1v) is 10.7. The van der Waals surface area contributed by atoms with Gasteiger partial charge >= 0.3 is 5.97 Å². The molecule has 0 aromatic heterocycles. The zero-order valence-corrected chi connectivity index (χ0v) is 15.9. The highest BCUT2D eigenvalue weighted by Gasteiger charge is 2.47. The van der Waals surface area contributed by atoms with E-state index in [4.69, 9.17) is 16.3 Å². The van der Waals surface area contributed by atoms with E-state index in [1.165, 1.54) is 0 Å². The monoisotopic (exact) mass is 392 g/mol. The van der Waals surface area contributed by atoms with Gasteiger partial charge in [-0.25, -0.2) is 8.42 Å². The van der Waals surface area contributed by atoms with Crippen molar-refractivity contribution in [2.75, 3.05) is 12.4 Å². The molecule has 138 valence electrons. The first kappa shape index (κ1) is 18.9.